The van der Waals surface area contributed by atoms with Gasteiger partial charge < -0.3 is 5.32 Å². The largest absolute Gasteiger partial charge is 0.377 e. The van der Waals surface area contributed by atoms with Gasteiger partial charge in [-0.25, -0.2) is 4.39 Å². The van der Waals surface area contributed by atoms with Gasteiger partial charge in [-0.3, -0.25) is 0 Å². The van der Waals surface area contributed by atoms with Crippen LogP contribution in [0.15, 0.2) is 49.8 Å². The summed E-state index contributed by atoms with van der Waals surface area (Å²) in [6, 6.07) is 10.7. The maximum atomic E-state index is 13.8. The monoisotopic (exact) mass is 449 g/mol. The Kier molecular flexibility index (Phi) is 5.03. The van der Waals surface area contributed by atoms with Crippen LogP contribution in [0.3, 0.4) is 0 Å². The maximum Gasteiger partial charge on any atom is 0.128 e. The number of nitrogens with one attached hydrogen (secondary N) is 1. The molecule has 0 saturated heterocycles. The lowest BCUT2D eigenvalue weighted by molar-refractivity contribution is 0.600. The fraction of sp³-hybridized carbons (Fsp3) is 0.143. The Labute approximate surface area is 137 Å². The second-order valence-electron chi connectivity index (χ2n) is 4.16. The molecule has 0 aliphatic heterocycles. The molecular formula is C14H11Br3FN. The second-order valence-corrected chi connectivity index (χ2v) is 6.84. The van der Waals surface area contributed by atoms with Gasteiger partial charge >= 0.3 is 0 Å². The minimum absolute atomic E-state index is 0.136. The molecule has 0 fully saturated rings. The fourth-order valence-corrected chi connectivity index (χ4v) is 2.87. The van der Waals surface area contributed by atoms with Crippen LogP contribution in [0.25, 0.3) is 0 Å². The molecule has 19 heavy (non-hydrogen) atoms. The summed E-state index contributed by atoms with van der Waals surface area (Å²) in [5.74, 6) is -0.214. The van der Waals surface area contributed by atoms with E-state index in [2.05, 4.69) is 53.1 Å². The molecule has 0 heterocycles. The summed E-state index contributed by atoms with van der Waals surface area (Å²) in [4.78, 5) is 0. The molecule has 0 saturated carbocycles. The summed E-state index contributed by atoms with van der Waals surface area (Å²) in [7, 11) is 0. The van der Waals surface area contributed by atoms with Crippen molar-refractivity contribution in [1.29, 1.82) is 0 Å². The van der Waals surface area contributed by atoms with Crippen molar-refractivity contribution in [2.24, 2.45) is 0 Å². The zero-order valence-corrected chi connectivity index (χ0v) is 14.8. The van der Waals surface area contributed by atoms with Crippen LogP contribution in [0.5, 0.6) is 0 Å². The molecule has 2 aromatic rings. The molecule has 1 unspecified atom stereocenters. The molecular weight excluding hydrogens is 441 g/mol. The maximum absolute atomic E-state index is 13.8. The van der Waals surface area contributed by atoms with Gasteiger partial charge in [0.05, 0.1) is 11.7 Å². The summed E-state index contributed by atoms with van der Waals surface area (Å²) >= 11 is 10.3. The van der Waals surface area contributed by atoms with Gasteiger partial charge in [-0.05, 0) is 59.3 Å². The number of halogens is 4. The summed E-state index contributed by atoms with van der Waals surface area (Å²) in [5.41, 5.74) is 1.54. The highest BCUT2D eigenvalue weighted by Crippen LogP contribution is 2.30. The molecule has 1 atom stereocenters. The Morgan fingerprint density at radius 2 is 1.63 bits per heavy atom. The number of anilines is 1. The molecule has 1 nitrogen and oxygen atoms in total. The van der Waals surface area contributed by atoms with E-state index in [9.17, 15) is 4.39 Å². The average molecular weight is 452 g/mol. The predicted molar refractivity (Wildman–Crippen MR) is 88.0 cm³/mol. The van der Waals surface area contributed by atoms with Crippen molar-refractivity contribution in [3.05, 3.63) is 61.2 Å². The smallest absolute Gasteiger partial charge is 0.128 e. The standard InChI is InChI=1S/C14H11Br3FN/c1-8(11-6-9(15)3-5-13(11)18)19-14-7-10(16)2-4-12(14)17/h2-8,19H,1H3. The third-order valence-corrected chi connectivity index (χ3v) is 4.40. The van der Waals surface area contributed by atoms with Crippen LogP contribution >= 0.6 is 47.8 Å². The molecule has 2 aromatic carbocycles. The van der Waals surface area contributed by atoms with E-state index in [4.69, 9.17) is 0 Å². The van der Waals surface area contributed by atoms with Crippen LogP contribution in [-0.2, 0) is 0 Å². The normalized spacial score (nSPS) is 12.3. The molecule has 0 radical (unpaired) electrons. The zero-order valence-electron chi connectivity index (χ0n) is 10.1. The summed E-state index contributed by atoms with van der Waals surface area (Å²) < 4.78 is 16.6. The van der Waals surface area contributed by atoms with Gasteiger partial charge in [0.1, 0.15) is 5.82 Å². The molecule has 0 amide bonds. The highest BCUT2D eigenvalue weighted by molar-refractivity contribution is 9.11. The molecule has 0 aliphatic carbocycles. The molecule has 2 rings (SSSR count). The van der Waals surface area contributed by atoms with Crippen LogP contribution in [0.1, 0.15) is 18.5 Å². The Morgan fingerprint density at radius 1 is 1.00 bits per heavy atom. The Balaban J connectivity index is 2.27. The third kappa shape index (κ3) is 3.80. The third-order valence-electron chi connectivity index (χ3n) is 2.72. The molecule has 5 heteroatoms. The lowest BCUT2D eigenvalue weighted by Crippen LogP contribution is -2.09. The van der Waals surface area contributed by atoms with Crippen LogP contribution < -0.4 is 5.32 Å². The fourth-order valence-electron chi connectivity index (χ4n) is 1.77. The van der Waals surface area contributed by atoms with Crippen LogP contribution in [0.4, 0.5) is 10.1 Å². The van der Waals surface area contributed by atoms with E-state index in [0.717, 1.165) is 19.1 Å². The lowest BCUT2D eigenvalue weighted by Gasteiger charge is -2.18. The highest BCUT2D eigenvalue weighted by Gasteiger charge is 2.12. The number of hydrogen-bond acceptors (Lipinski definition) is 1. The van der Waals surface area contributed by atoms with E-state index in [1.807, 2.05) is 25.1 Å². The summed E-state index contributed by atoms with van der Waals surface area (Å²) in [6.07, 6.45) is 0. The summed E-state index contributed by atoms with van der Waals surface area (Å²) in [6.45, 7) is 1.93. The molecule has 0 spiro atoms. The zero-order chi connectivity index (χ0) is 14.0. The quantitative estimate of drug-likeness (QED) is 0.578. The molecule has 100 valence electrons. The van der Waals surface area contributed by atoms with Crippen molar-refractivity contribution in [2.45, 2.75) is 13.0 Å². The van der Waals surface area contributed by atoms with E-state index in [0.29, 0.717) is 5.56 Å². The first-order chi connectivity index (χ1) is 8.97. The number of benzene rings is 2. The van der Waals surface area contributed by atoms with E-state index in [1.54, 1.807) is 12.1 Å². The van der Waals surface area contributed by atoms with Crippen LogP contribution in [0, 0.1) is 5.82 Å². The minimum atomic E-state index is -0.214. The van der Waals surface area contributed by atoms with E-state index >= 15 is 0 Å². The highest BCUT2D eigenvalue weighted by atomic mass is 79.9. The van der Waals surface area contributed by atoms with Crippen molar-refractivity contribution in [2.75, 3.05) is 5.32 Å². The van der Waals surface area contributed by atoms with E-state index in [1.165, 1.54) is 6.07 Å². The van der Waals surface area contributed by atoms with Gasteiger partial charge in [0.2, 0.25) is 0 Å². The van der Waals surface area contributed by atoms with Crippen molar-refractivity contribution < 1.29 is 4.39 Å². The number of rotatable bonds is 3. The second kappa shape index (κ2) is 6.37. The molecule has 0 bridgehead atoms. The average Bonchev–Trinajstić information content (AvgIpc) is 2.36. The Hall–Kier alpha value is -0.390. The van der Waals surface area contributed by atoms with Crippen molar-refractivity contribution in [3.63, 3.8) is 0 Å². The van der Waals surface area contributed by atoms with Gasteiger partial charge in [0, 0.05) is 19.0 Å². The van der Waals surface area contributed by atoms with Crippen molar-refractivity contribution >= 4 is 53.5 Å². The van der Waals surface area contributed by atoms with Crippen molar-refractivity contribution in [1.82, 2.24) is 0 Å². The van der Waals surface area contributed by atoms with E-state index in [-0.39, 0.29) is 11.9 Å². The van der Waals surface area contributed by atoms with E-state index < -0.39 is 0 Å². The Bertz CT molecular complexity index is 601. The van der Waals surface area contributed by atoms with Gasteiger partial charge in [0.15, 0.2) is 0 Å². The predicted octanol–water partition coefficient (Wildman–Crippen LogP) is 6.29. The van der Waals surface area contributed by atoms with Gasteiger partial charge in [-0.1, -0.05) is 31.9 Å². The van der Waals surface area contributed by atoms with Gasteiger partial charge in [-0.15, -0.1) is 0 Å². The molecule has 0 aliphatic rings. The van der Waals surface area contributed by atoms with Crippen LogP contribution in [-0.4, -0.2) is 0 Å². The van der Waals surface area contributed by atoms with Crippen molar-refractivity contribution in [3.8, 4) is 0 Å². The Morgan fingerprint density at radius 3 is 2.37 bits per heavy atom. The number of hydrogen-bond donors (Lipinski definition) is 1. The first kappa shape index (κ1) is 15.0. The molecule has 1 N–H and O–H groups in total. The SMILES string of the molecule is CC(Nc1cc(Br)ccc1Br)c1cc(Br)ccc1F. The minimum Gasteiger partial charge on any atom is -0.377 e. The first-order valence-electron chi connectivity index (χ1n) is 5.64. The van der Waals surface area contributed by atoms with Gasteiger partial charge in [0.25, 0.3) is 0 Å². The van der Waals surface area contributed by atoms with Gasteiger partial charge in [-0.2, -0.15) is 0 Å². The lowest BCUT2D eigenvalue weighted by atomic mass is 10.1. The van der Waals surface area contributed by atoms with Crippen LogP contribution in [0.2, 0.25) is 0 Å². The summed E-state index contributed by atoms with van der Waals surface area (Å²) in [5, 5.41) is 3.30. The molecule has 0 aromatic heterocycles. The topological polar surface area (TPSA) is 12.0 Å². The first-order valence-corrected chi connectivity index (χ1v) is 8.02.